The summed E-state index contributed by atoms with van der Waals surface area (Å²) >= 11 is 1.58. The van der Waals surface area contributed by atoms with E-state index in [2.05, 4.69) is 10.5 Å². The van der Waals surface area contributed by atoms with Crippen LogP contribution < -0.4 is 10.2 Å². The van der Waals surface area contributed by atoms with Gasteiger partial charge in [-0.15, -0.1) is 0 Å². The molecular weight excluding hydrogens is 248 g/mol. The van der Waals surface area contributed by atoms with Crippen LogP contribution in [-0.2, 0) is 0 Å². The van der Waals surface area contributed by atoms with Crippen molar-refractivity contribution in [2.75, 3.05) is 7.11 Å². The van der Waals surface area contributed by atoms with Crippen LogP contribution in [0.25, 0.3) is 0 Å². The molecule has 18 heavy (non-hydrogen) atoms. The van der Waals surface area contributed by atoms with Crippen LogP contribution in [0.1, 0.15) is 15.9 Å². The smallest absolute Gasteiger partial charge is 0.271 e. The molecule has 1 aromatic carbocycles. The van der Waals surface area contributed by atoms with E-state index >= 15 is 0 Å². The van der Waals surface area contributed by atoms with E-state index in [4.69, 9.17) is 4.74 Å². The first kappa shape index (κ1) is 12.3. The van der Waals surface area contributed by atoms with E-state index in [-0.39, 0.29) is 5.91 Å². The Morgan fingerprint density at radius 2 is 2.11 bits per heavy atom. The summed E-state index contributed by atoms with van der Waals surface area (Å²) in [5.74, 6) is 0.470. The lowest BCUT2D eigenvalue weighted by atomic mass is 10.2. The first-order chi connectivity index (χ1) is 8.79. The molecule has 0 aliphatic heterocycles. The lowest BCUT2D eigenvalue weighted by molar-refractivity contribution is 0.0955. The number of benzene rings is 1. The van der Waals surface area contributed by atoms with Gasteiger partial charge in [0.05, 0.1) is 13.3 Å². The van der Waals surface area contributed by atoms with E-state index in [9.17, 15) is 4.79 Å². The van der Waals surface area contributed by atoms with E-state index in [0.717, 1.165) is 5.56 Å². The molecule has 1 amide bonds. The lowest BCUT2D eigenvalue weighted by Gasteiger charge is -2.01. The molecular formula is C13H12N2O2S. The van der Waals surface area contributed by atoms with Crippen molar-refractivity contribution in [1.82, 2.24) is 5.43 Å². The molecule has 0 fully saturated rings. The Morgan fingerprint density at radius 1 is 1.33 bits per heavy atom. The summed E-state index contributed by atoms with van der Waals surface area (Å²) in [4.78, 5) is 11.7. The minimum absolute atomic E-state index is 0.246. The van der Waals surface area contributed by atoms with Gasteiger partial charge in [-0.25, -0.2) is 5.43 Å². The number of methoxy groups -OCH3 is 1. The Bertz CT molecular complexity index is 533. The lowest BCUT2D eigenvalue weighted by Crippen LogP contribution is -2.17. The normalized spacial score (nSPS) is 10.5. The van der Waals surface area contributed by atoms with E-state index in [1.807, 2.05) is 16.8 Å². The molecule has 2 rings (SSSR count). The van der Waals surface area contributed by atoms with Crippen LogP contribution in [0.2, 0.25) is 0 Å². The summed E-state index contributed by atoms with van der Waals surface area (Å²) in [6.45, 7) is 0. The molecule has 92 valence electrons. The summed E-state index contributed by atoms with van der Waals surface area (Å²) in [5, 5.41) is 7.78. The highest BCUT2D eigenvalue weighted by Gasteiger charge is 2.03. The van der Waals surface area contributed by atoms with Crippen molar-refractivity contribution in [2.45, 2.75) is 0 Å². The second-order valence-electron chi connectivity index (χ2n) is 3.48. The number of rotatable bonds is 4. The van der Waals surface area contributed by atoms with E-state index in [1.165, 1.54) is 0 Å². The first-order valence-corrected chi connectivity index (χ1v) is 6.23. The van der Waals surface area contributed by atoms with Gasteiger partial charge in [0.15, 0.2) is 0 Å². The number of ether oxygens (including phenoxy) is 1. The third-order valence-corrected chi connectivity index (χ3v) is 2.98. The minimum Gasteiger partial charge on any atom is -0.497 e. The van der Waals surface area contributed by atoms with Crippen LogP contribution in [0, 0.1) is 0 Å². The largest absolute Gasteiger partial charge is 0.497 e. The number of hydrazone groups is 1. The Labute approximate surface area is 109 Å². The van der Waals surface area contributed by atoms with Crippen molar-refractivity contribution in [3.05, 3.63) is 52.2 Å². The molecule has 1 heterocycles. The van der Waals surface area contributed by atoms with E-state index < -0.39 is 0 Å². The molecule has 0 aliphatic rings. The average Bonchev–Trinajstić information content (AvgIpc) is 2.92. The van der Waals surface area contributed by atoms with Crippen LogP contribution >= 0.6 is 11.3 Å². The SMILES string of the molecule is COc1ccc(C(=O)N/N=C/c2ccsc2)cc1. The highest BCUT2D eigenvalue weighted by Crippen LogP contribution is 2.11. The summed E-state index contributed by atoms with van der Waals surface area (Å²) in [5.41, 5.74) is 3.98. The minimum atomic E-state index is -0.246. The van der Waals surface area contributed by atoms with Gasteiger partial charge in [0, 0.05) is 11.1 Å². The molecule has 1 aromatic heterocycles. The van der Waals surface area contributed by atoms with Gasteiger partial charge >= 0.3 is 0 Å². The Balaban J connectivity index is 1.95. The molecule has 5 heteroatoms. The van der Waals surface area contributed by atoms with Crippen LogP contribution in [0.3, 0.4) is 0 Å². The number of carbonyl (C=O) groups is 1. The molecule has 0 unspecified atom stereocenters. The maximum absolute atomic E-state index is 11.7. The summed E-state index contributed by atoms with van der Waals surface area (Å²) < 4.78 is 5.02. The zero-order chi connectivity index (χ0) is 12.8. The van der Waals surface area contributed by atoms with Crippen molar-refractivity contribution in [3.63, 3.8) is 0 Å². The van der Waals surface area contributed by atoms with Crippen molar-refractivity contribution in [3.8, 4) is 5.75 Å². The number of hydrogen-bond donors (Lipinski definition) is 1. The fourth-order valence-corrected chi connectivity index (χ4v) is 1.93. The summed E-state index contributed by atoms with van der Waals surface area (Å²) in [6, 6.07) is 8.77. The van der Waals surface area contributed by atoms with Crippen LogP contribution in [-0.4, -0.2) is 19.2 Å². The second kappa shape index (κ2) is 5.97. The van der Waals surface area contributed by atoms with E-state index in [0.29, 0.717) is 11.3 Å². The standard InChI is InChI=1S/C13H12N2O2S/c1-17-12-4-2-11(3-5-12)13(16)15-14-8-10-6-7-18-9-10/h2-9H,1H3,(H,15,16)/b14-8+. The molecule has 0 spiro atoms. The van der Waals surface area contributed by atoms with Gasteiger partial charge in [-0.2, -0.15) is 16.4 Å². The molecule has 0 aliphatic carbocycles. The van der Waals surface area contributed by atoms with Crippen LogP contribution in [0.15, 0.2) is 46.2 Å². The van der Waals surface area contributed by atoms with Crippen LogP contribution in [0.5, 0.6) is 5.75 Å². The number of carbonyl (C=O) groups excluding carboxylic acids is 1. The average molecular weight is 260 g/mol. The highest BCUT2D eigenvalue weighted by atomic mass is 32.1. The Kier molecular flexibility index (Phi) is 4.09. The van der Waals surface area contributed by atoms with E-state index in [1.54, 1.807) is 48.9 Å². The van der Waals surface area contributed by atoms with Gasteiger partial charge in [0.25, 0.3) is 5.91 Å². The Hall–Kier alpha value is -2.14. The van der Waals surface area contributed by atoms with Crippen molar-refractivity contribution in [1.29, 1.82) is 0 Å². The number of amides is 1. The van der Waals surface area contributed by atoms with Gasteiger partial charge in [0.2, 0.25) is 0 Å². The monoisotopic (exact) mass is 260 g/mol. The molecule has 0 radical (unpaired) electrons. The third kappa shape index (κ3) is 3.18. The number of nitrogens with one attached hydrogen (secondary N) is 1. The fourth-order valence-electron chi connectivity index (χ4n) is 1.32. The van der Waals surface area contributed by atoms with Crippen LogP contribution in [0.4, 0.5) is 0 Å². The molecule has 4 nitrogen and oxygen atoms in total. The topological polar surface area (TPSA) is 50.7 Å². The number of thiophene rings is 1. The molecule has 0 bridgehead atoms. The predicted molar refractivity (Wildman–Crippen MR) is 72.4 cm³/mol. The Morgan fingerprint density at radius 3 is 2.72 bits per heavy atom. The maximum Gasteiger partial charge on any atom is 0.271 e. The molecule has 0 atom stereocenters. The zero-order valence-electron chi connectivity index (χ0n) is 9.79. The molecule has 1 N–H and O–H groups in total. The third-order valence-electron chi connectivity index (χ3n) is 2.28. The molecule has 2 aromatic rings. The number of nitrogens with zero attached hydrogens (tertiary/aromatic N) is 1. The highest BCUT2D eigenvalue weighted by molar-refractivity contribution is 7.08. The fraction of sp³-hybridized carbons (Fsp3) is 0.0769. The van der Waals surface area contributed by atoms with Gasteiger partial charge in [-0.05, 0) is 41.1 Å². The zero-order valence-corrected chi connectivity index (χ0v) is 10.6. The maximum atomic E-state index is 11.7. The summed E-state index contributed by atoms with van der Waals surface area (Å²) in [6.07, 6.45) is 1.61. The van der Waals surface area contributed by atoms with Crippen molar-refractivity contribution >= 4 is 23.5 Å². The quantitative estimate of drug-likeness (QED) is 0.678. The predicted octanol–water partition coefficient (Wildman–Crippen LogP) is 2.52. The van der Waals surface area contributed by atoms with Gasteiger partial charge in [0.1, 0.15) is 5.75 Å². The van der Waals surface area contributed by atoms with Gasteiger partial charge < -0.3 is 4.74 Å². The van der Waals surface area contributed by atoms with Crippen molar-refractivity contribution in [2.24, 2.45) is 5.10 Å². The van der Waals surface area contributed by atoms with Gasteiger partial charge in [-0.3, -0.25) is 4.79 Å². The van der Waals surface area contributed by atoms with Crippen molar-refractivity contribution < 1.29 is 9.53 Å². The second-order valence-corrected chi connectivity index (χ2v) is 4.26. The summed E-state index contributed by atoms with van der Waals surface area (Å²) in [7, 11) is 1.58. The molecule has 0 saturated heterocycles. The first-order valence-electron chi connectivity index (χ1n) is 5.29. The number of hydrogen-bond acceptors (Lipinski definition) is 4. The van der Waals surface area contributed by atoms with Gasteiger partial charge in [-0.1, -0.05) is 0 Å². The molecule has 0 saturated carbocycles.